The Balaban J connectivity index is 2.10. The second-order valence-corrected chi connectivity index (χ2v) is 11.1. The van der Waals surface area contributed by atoms with Gasteiger partial charge in [-0.05, 0) is 24.5 Å². The Hall–Kier alpha value is -2.11. The van der Waals surface area contributed by atoms with Crippen LogP contribution < -0.4 is 10.1 Å². The average molecular weight is 471 g/mol. The molecule has 2 fully saturated rings. The molecule has 0 radical (unpaired) electrons. The summed E-state index contributed by atoms with van der Waals surface area (Å²) in [5, 5.41) is 13.3. The Morgan fingerprint density at radius 2 is 1.97 bits per heavy atom. The van der Waals surface area contributed by atoms with Gasteiger partial charge in [0.2, 0.25) is 11.8 Å². The van der Waals surface area contributed by atoms with E-state index in [0.29, 0.717) is 17.1 Å². The number of hydrogen-bond acceptors (Lipinski definition) is 8. The molecule has 2 heterocycles. The molecule has 0 saturated carbocycles. The molecule has 0 aromatic heterocycles. The molecule has 4 unspecified atom stereocenters. The van der Waals surface area contributed by atoms with E-state index in [-0.39, 0.29) is 18.7 Å². The number of fused-ring (bicyclic) bond motifs is 1. The third-order valence-electron chi connectivity index (χ3n) is 5.99. The van der Waals surface area contributed by atoms with Crippen molar-refractivity contribution in [3.05, 3.63) is 29.8 Å². The normalized spacial score (nSPS) is 28.1. The maximum absolute atomic E-state index is 13.3. The van der Waals surface area contributed by atoms with Crippen molar-refractivity contribution in [1.29, 1.82) is 0 Å². The molecule has 1 aromatic rings. The second-order valence-electron chi connectivity index (χ2n) is 7.84. The van der Waals surface area contributed by atoms with Gasteiger partial charge in [-0.2, -0.15) is 11.8 Å². The number of thioether (sulfide) groups is 1. The van der Waals surface area contributed by atoms with Crippen molar-refractivity contribution < 1.29 is 32.6 Å². The van der Waals surface area contributed by atoms with Gasteiger partial charge in [0.05, 0.1) is 24.7 Å². The minimum absolute atomic E-state index is 0.134. The molecule has 0 bridgehead atoms. The molecule has 11 heteroatoms. The fourth-order valence-corrected chi connectivity index (χ4v) is 5.57. The smallest absolute Gasteiger partial charge is 0.324 e. The van der Waals surface area contributed by atoms with Gasteiger partial charge >= 0.3 is 5.97 Å². The first kappa shape index (κ1) is 23.6. The summed E-state index contributed by atoms with van der Waals surface area (Å²) >= 11 is 1.44. The molecule has 0 aliphatic carbocycles. The van der Waals surface area contributed by atoms with Crippen LogP contribution in [-0.2, 0) is 24.2 Å². The molecular formula is C20H26N2O7S2. The number of carboxylic acid groups (broad SMARTS) is 1. The Morgan fingerprint density at radius 3 is 2.55 bits per heavy atom. The van der Waals surface area contributed by atoms with E-state index in [0.717, 1.165) is 11.2 Å². The van der Waals surface area contributed by atoms with Gasteiger partial charge in [-0.25, -0.2) is 8.42 Å². The van der Waals surface area contributed by atoms with E-state index in [4.69, 9.17) is 4.74 Å². The number of carboxylic acids is 1. The lowest BCUT2D eigenvalue weighted by Gasteiger charge is -2.31. The number of carbonyl (C=O) groups excluding carboxylic acids is 2. The first-order valence-corrected chi connectivity index (χ1v) is 13.2. The van der Waals surface area contributed by atoms with Crippen LogP contribution in [0.5, 0.6) is 5.75 Å². The zero-order valence-corrected chi connectivity index (χ0v) is 19.2. The number of nitrogens with zero attached hydrogens (tertiary/aromatic N) is 1. The summed E-state index contributed by atoms with van der Waals surface area (Å²) in [5.74, 6) is -3.96. The summed E-state index contributed by atoms with van der Waals surface area (Å²) in [6.07, 6.45) is 2.99. The zero-order chi connectivity index (χ0) is 23.0. The number of para-hydroxylation sites is 1. The summed E-state index contributed by atoms with van der Waals surface area (Å²) in [6.45, 7) is -0.291. The minimum Gasteiger partial charge on any atom is -0.496 e. The fourth-order valence-electron chi connectivity index (χ4n) is 4.53. The van der Waals surface area contributed by atoms with Gasteiger partial charge in [0.1, 0.15) is 21.1 Å². The van der Waals surface area contributed by atoms with Crippen molar-refractivity contribution in [3.63, 3.8) is 0 Å². The molecule has 0 spiro atoms. The standard InChI is InChI=1S/C20H26N2O7S2/c1-29-13-7-5-4-6-12(13)16-14-15(20(21-16,19(25)26)8-10-30-2)18(24)22(17(14)23)9-11-31(3,27)28/h4-7,14-16,21H,8-11H2,1-3H3,(H,25,26). The highest BCUT2D eigenvalue weighted by Crippen LogP contribution is 2.51. The quantitative estimate of drug-likeness (QED) is 0.497. The Labute approximate surface area is 185 Å². The molecule has 2 amide bonds. The Morgan fingerprint density at radius 1 is 1.29 bits per heavy atom. The summed E-state index contributed by atoms with van der Waals surface area (Å²) in [7, 11) is -1.94. The van der Waals surface area contributed by atoms with Crippen LogP contribution in [0.4, 0.5) is 0 Å². The number of rotatable bonds is 9. The molecule has 9 nitrogen and oxygen atoms in total. The van der Waals surface area contributed by atoms with Crippen LogP contribution in [0, 0.1) is 11.8 Å². The van der Waals surface area contributed by atoms with Gasteiger partial charge in [0.15, 0.2) is 0 Å². The van der Waals surface area contributed by atoms with Crippen molar-refractivity contribution in [2.45, 2.75) is 18.0 Å². The zero-order valence-electron chi connectivity index (χ0n) is 17.5. The summed E-state index contributed by atoms with van der Waals surface area (Å²) < 4.78 is 28.7. The number of sulfone groups is 1. The molecule has 31 heavy (non-hydrogen) atoms. The van der Waals surface area contributed by atoms with Gasteiger partial charge in [-0.3, -0.25) is 24.6 Å². The van der Waals surface area contributed by atoms with E-state index in [9.17, 15) is 27.9 Å². The summed E-state index contributed by atoms with van der Waals surface area (Å²) in [5.41, 5.74) is -1.07. The molecule has 3 rings (SSSR count). The van der Waals surface area contributed by atoms with Gasteiger partial charge in [0, 0.05) is 24.4 Å². The number of nitrogens with one attached hydrogen (secondary N) is 1. The number of amides is 2. The number of ether oxygens (including phenoxy) is 1. The number of benzene rings is 1. The number of likely N-dealkylation sites (tertiary alicyclic amines) is 1. The van der Waals surface area contributed by atoms with E-state index >= 15 is 0 Å². The van der Waals surface area contributed by atoms with E-state index in [2.05, 4.69) is 5.32 Å². The number of imide groups is 1. The SMILES string of the molecule is COc1ccccc1C1NC(CCSC)(C(=O)O)C2C(=O)N(CCS(C)(=O)=O)C(=O)C12. The largest absolute Gasteiger partial charge is 0.496 e. The third kappa shape index (κ3) is 4.18. The van der Waals surface area contributed by atoms with E-state index in [1.165, 1.54) is 18.9 Å². The summed E-state index contributed by atoms with van der Waals surface area (Å²) in [6, 6.07) is 6.18. The van der Waals surface area contributed by atoms with Crippen LogP contribution in [0.1, 0.15) is 18.0 Å². The lowest BCUT2D eigenvalue weighted by Crippen LogP contribution is -2.56. The predicted octanol–water partition coefficient (Wildman–Crippen LogP) is 0.562. The molecule has 1 aromatic carbocycles. The number of carbonyl (C=O) groups is 3. The molecule has 4 atom stereocenters. The van der Waals surface area contributed by atoms with Crippen molar-refractivity contribution >= 4 is 39.4 Å². The predicted molar refractivity (Wildman–Crippen MR) is 116 cm³/mol. The highest BCUT2D eigenvalue weighted by Gasteiger charge is 2.68. The second kappa shape index (κ2) is 8.79. The summed E-state index contributed by atoms with van der Waals surface area (Å²) in [4.78, 5) is 40.0. The van der Waals surface area contributed by atoms with Gasteiger partial charge < -0.3 is 9.84 Å². The number of hydrogen-bond donors (Lipinski definition) is 2. The maximum atomic E-state index is 13.3. The third-order valence-corrected chi connectivity index (χ3v) is 7.52. The maximum Gasteiger partial charge on any atom is 0.324 e. The van der Waals surface area contributed by atoms with Crippen LogP contribution >= 0.6 is 11.8 Å². The van der Waals surface area contributed by atoms with Crippen molar-refractivity contribution in [2.24, 2.45) is 11.8 Å². The van der Waals surface area contributed by atoms with Gasteiger partial charge in [-0.15, -0.1) is 0 Å². The van der Waals surface area contributed by atoms with Crippen LogP contribution in [0.2, 0.25) is 0 Å². The monoisotopic (exact) mass is 470 g/mol. The van der Waals surface area contributed by atoms with E-state index in [1.807, 2.05) is 6.26 Å². The minimum atomic E-state index is -3.42. The van der Waals surface area contributed by atoms with Gasteiger partial charge in [0.25, 0.3) is 0 Å². The first-order valence-electron chi connectivity index (χ1n) is 9.73. The highest BCUT2D eigenvalue weighted by atomic mass is 32.2. The number of methoxy groups -OCH3 is 1. The van der Waals surface area contributed by atoms with Crippen LogP contribution in [0.15, 0.2) is 24.3 Å². The first-order chi connectivity index (χ1) is 14.6. The molecule has 2 aliphatic heterocycles. The molecule has 170 valence electrons. The van der Waals surface area contributed by atoms with E-state index in [1.54, 1.807) is 24.3 Å². The average Bonchev–Trinajstić information content (AvgIpc) is 3.19. The van der Waals surface area contributed by atoms with Crippen LogP contribution in [0.3, 0.4) is 0 Å². The van der Waals surface area contributed by atoms with Crippen LogP contribution in [-0.4, -0.2) is 79.4 Å². The fraction of sp³-hybridized carbons (Fsp3) is 0.550. The lowest BCUT2D eigenvalue weighted by molar-refractivity contribution is -0.151. The number of aliphatic carboxylic acids is 1. The molecule has 2 N–H and O–H groups in total. The van der Waals surface area contributed by atoms with Crippen LogP contribution in [0.25, 0.3) is 0 Å². The molecule has 2 saturated heterocycles. The molecular weight excluding hydrogens is 444 g/mol. The van der Waals surface area contributed by atoms with Crippen molar-refractivity contribution in [3.8, 4) is 5.75 Å². The van der Waals surface area contributed by atoms with Crippen molar-refractivity contribution in [2.75, 3.05) is 37.7 Å². The van der Waals surface area contributed by atoms with Crippen molar-refractivity contribution in [1.82, 2.24) is 10.2 Å². The lowest BCUT2D eigenvalue weighted by atomic mass is 9.78. The Kier molecular flexibility index (Phi) is 6.68. The van der Waals surface area contributed by atoms with Gasteiger partial charge in [-0.1, -0.05) is 18.2 Å². The van der Waals surface area contributed by atoms with E-state index < -0.39 is 51.0 Å². The Bertz CT molecular complexity index is 997. The highest BCUT2D eigenvalue weighted by molar-refractivity contribution is 7.98. The molecule has 2 aliphatic rings. The topological polar surface area (TPSA) is 130 Å².